The summed E-state index contributed by atoms with van der Waals surface area (Å²) in [6, 6.07) is 4.50. The van der Waals surface area contributed by atoms with E-state index >= 15 is 0 Å². The minimum absolute atomic E-state index is 0.235. The predicted octanol–water partition coefficient (Wildman–Crippen LogP) is 1.62. The van der Waals surface area contributed by atoms with Crippen LogP contribution in [0.25, 0.3) is 5.69 Å². The Hall–Kier alpha value is -2.32. The van der Waals surface area contributed by atoms with Gasteiger partial charge in [0.2, 0.25) is 0 Å². The number of fused-ring (bicyclic) bond motifs is 3. The van der Waals surface area contributed by atoms with Crippen molar-refractivity contribution in [2.45, 2.75) is 20.0 Å². The van der Waals surface area contributed by atoms with Gasteiger partial charge in [0.25, 0.3) is 0 Å². The highest BCUT2D eigenvalue weighted by atomic mass is 19.1. The van der Waals surface area contributed by atoms with Crippen LogP contribution in [0.1, 0.15) is 23.9 Å². The third-order valence-electron chi connectivity index (χ3n) is 3.39. The van der Waals surface area contributed by atoms with Gasteiger partial charge in [-0.05, 0) is 43.7 Å². The Kier molecular flexibility index (Phi) is 2.96. The van der Waals surface area contributed by atoms with Crippen LogP contribution in [0.4, 0.5) is 4.39 Å². The Morgan fingerprint density at radius 2 is 2.15 bits per heavy atom. The summed E-state index contributed by atoms with van der Waals surface area (Å²) in [6.45, 7) is 2.90. The lowest BCUT2D eigenvalue weighted by molar-refractivity contribution is 0.319. The summed E-state index contributed by atoms with van der Waals surface area (Å²) in [7, 11) is 1.94. The lowest BCUT2D eigenvalue weighted by Crippen LogP contribution is -2.18. The van der Waals surface area contributed by atoms with E-state index < -0.39 is 0 Å². The minimum Gasteiger partial charge on any atom is -0.298 e. The lowest BCUT2D eigenvalue weighted by atomic mass is 10.1. The molecule has 2 aromatic rings. The van der Waals surface area contributed by atoms with Gasteiger partial charge in [-0.15, -0.1) is 0 Å². The Morgan fingerprint density at radius 1 is 1.35 bits per heavy atom. The van der Waals surface area contributed by atoms with Crippen LogP contribution in [0, 0.1) is 17.7 Å². The Balaban J connectivity index is 2.33. The second-order valence-corrected chi connectivity index (χ2v) is 4.91. The maximum atomic E-state index is 13.4. The van der Waals surface area contributed by atoms with Gasteiger partial charge in [0.05, 0.1) is 11.4 Å². The first-order valence-electron chi connectivity index (χ1n) is 6.34. The molecule has 1 aliphatic heterocycles. The van der Waals surface area contributed by atoms with Crippen LogP contribution in [-0.4, -0.2) is 21.5 Å². The number of rotatable bonds is 0. The monoisotopic (exact) mass is 271 g/mol. The molecule has 3 rings (SSSR count). The molecule has 1 N–H and O–H groups in total. The summed E-state index contributed by atoms with van der Waals surface area (Å²) in [4.78, 5) is 17.0. The zero-order valence-corrected chi connectivity index (χ0v) is 11.3. The minimum atomic E-state index is -0.294. The van der Waals surface area contributed by atoms with Gasteiger partial charge < -0.3 is 0 Å². The average molecular weight is 271 g/mol. The van der Waals surface area contributed by atoms with E-state index in [1.807, 2.05) is 11.9 Å². The first kappa shape index (κ1) is 12.7. The fourth-order valence-corrected chi connectivity index (χ4v) is 2.60. The third kappa shape index (κ3) is 1.95. The molecule has 1 aliphatic rings. The zero-order chi connectivity index (χ0) is 14.3. The molecular weight excluding hydrogens is 257 g/mol. The molecule has 20 heavy (non-hydrogen) atoms. The van der Waals surface area contributed by atoms with Crippen LogP contribution in [0.3, 0.4) is 0 Å². The molecule has 0 fully saturated rings. The number of nitrogens with one attached hydrogen (secondary N) is 1. The number of aromatic amines is 1. The lowest BCUT2D eigenvalue weighted by Gasteiger charge is -2.13. The standard InChI is InChI=1S/C15H14FN3O/c1-3-4-12-14-9-18(2)8-10-7-11(16)5-6-13(10)19(14)15(20)17-12/h5-7H,8-9H2,1-2H3,(H,17,20). The van der Waals surface area contributed by atoms with E-state index in [4.69, 9.17) is 0 Å². The fourth-order valence-electron chi connectivity index (χ4n) is 2.60. The number of aromatic nitrogens is 2. The third-order valence-corrected chi connectivity index (χ3v) is 3.39. The van der Waals surface area contributed by atoms with Crippen molar-refractivity contribution in [2.75, 3.05) is 7.05 Å². The summed E-state index contributed by atoms with van der Waals surface area (Å²) in [5.74, 6) is 5.43. The van der Waals surface area contributed by atoms with Gasteiger partial charge in [-0.25, -0.2) is 9.18 Å². The molecule has 5 heteroatoms. The molecule has 0 unspecified atom stereocenters. The summed E-state index contributed by atoms with van der Waals surface area (Å²) >= 11 is 0. The van der Waals surface area contributed by atoms with Crippen molar-refractivity contribution in [3.05, 3.63) is 51.5 Å². The molecule has 0 aliphatic carbocycles. The second kappa shape index (κ2) is 4.66. The molecule has 0 atom stereocenters. The summed E-state index contributed by atoms with van der Waals surface area (Å²) < 4.78 is 15.0. The van der Waals surface area contributed by atoms with Crippen LogP contribution in [0.15, 0.2) is 23.0 Å². The molecule has 0 amide bonds. The molecule has 1 aromatic carbocycles. The van der Waals surface area contributed by atoms with Crippen LogP contribution >= 0.6 is 0 Å². The number of hydrogen-bond acceptors (Lipinski definition) is 2. The number of benzene rings is 1. The van der Waals surface area contributed by atoms with Crippen LogP contribution in [-0.2, 0) is 13.1 Å². The molecule has 0 saturated carbocycles. The van der Waals surface area contributed by atoms with E-state index in [0.29, 0.717) is 18.8 Å². The number of hydrogen-bond donors (Lipinski definition) is 1. The van der Waals surface area contributed by atoms with Gasteiger partial charge in [0.15, 0.2) is 0 Å². The Morgan fingerprint density at radius 3 is 2.90 bits per heavy atom. The molecule has 102 valence electrons. The molecule has 0 spiro atoms. The van der Waals surface area contributed by atoms with E-state index in [-0.39, 0.29) is 11.5 Å². The largest absolute Gasteiger partial charge is 0.331 e. The van der Waals surface area contributed by atoms with Gasteiger partial charge in [0, 0.05) is 13.1 Å². The Bertz CT molecular complexity index is 792. The summed E-state index contributed by atoms with van der Waals surface area (Å²) in [5.41, 5.74) is 2.72. The van der Waals surface area contributed by atoms with Crippen LogP contribution in [0.5, 0.6) is 0 Å². The molecule has 1 aromatic heterocycles. The summed E-state index contributed by atoms with van der Waals surface area (Å²) in [6.07, 6.45) is 0. The highest BCUT2D eigenvalue weighted by molar-refractivity contribution is 5.47. The molecule has 0 bridgehead atoms. The van der Waals surface area contributed by atoms with Gasteiger partial charge in [0.1, 0.15) is 11.5 Å². The summed E-state index contributed by atoms with van der Waals surface area (Å²) in [5, 5.41) is 0. The highest BCUT2D eigenvalue weighted by Crippen LogP contribution is 2.24. The highest BCUT2D eigenvalue weighted by Gasteiger charge is 2.22. The maximum Gasteiger partial charge on any atom is 0.331 e. The van der Waals surface area contributed by atoms with Crippen molar-refractivity contribution in [2.24, 2.45) is 0 Å². The van der Waals surface area contributed by atoms with E-state index in [9.17, 15) is 9.18 Å². The van der Waals surface area contributed by atoms with Gasteiger partial charge in [-0.2, -0.15) is 0 Å². The van der Waals surface area contributed by atoms with E-state index in [0.717, 1.165) is 16.9 Å². The van der Waals surface area contributed by atoms with Crippen molar-refractivity contribution < 1.29 is 4.39 Å². The van der Waals surface area contributed by atoms with Crippen LogP contribution < -0.4 is 5.69 Å². The number of halogens is 1. The normalized spacial score (nSPS) is 13.9. The van der Waals surface area contributed by atoms with E-state index in [1.165, 1.54) is 12.1 Å². The van der Waals surface area contributed by atoms with Crippen molar-refractivity contribution in [3.63, 3.8) is 0 Å². The van der Waals surface area contributed by atoms with Gasteiger partial charge in [-0.1, -0.05) is 5.92 Å². The fraction of sp³-hybridized carbons (Fsp3) is 0.267. The number of H-pyrrole nitrogens is 1. The van der Waals surface area contributed by atoms with Gasteiger partial charge in [-0.3, -0.25) is 14.5 Å². The molecular formula is C15H14FN3O. The van der Waals surface area contributed by atoms with Crippen molar-refractivity contribution in [1.29, 1.82) is 0 Å². The van der Waals surface area contributed by atoms with E-state index in [1.54, 1.807) is 17.6 Å². The zero-order valence-electron chi connectivity index (χ0n) is 11.3. The second-order valence-electron chi connectivity index (χ2n) is 4.91. The van der Waals surface area contributed by atoms with Crippen molar-refractivity contribution >= 4 is 0 Å². The quantitative estimate of drug-likeness (QED) is 0.740. The molecule has 0 saturated heterocycles. The molecule has 2 heterocycles. The predicted molar refractivity (Wildman–Crippen MR) is 74.1 cm³/mol. The molecule has 0 radical (unpaired) electrons. The van der Waals surface area contributed by atoms with Crippen molar-refractivity contribution in [1.82, 2.24) is 14.5 Å². The van der Waals surface area contributed by atoms with E-state index in [2.05, 4.69) is 16.8 Å². The number of imidazole rings is 1. The first-order valence-corrected chi connectivity index (χ1v) is 6.34. The Labute approximate surface area is 115 Å². The average Bonchev–Trinajstić information content (AvgIpc) is 2.60. The first-order chi connectivity index (χ1) is 9.60. The van der Waals surface area contributed by atoms with Crippen molar-refractivity contribution in [3.8, 4) is 17.5 Å². The SMILES string of the molecule is CC#Cc1[nH]c(=O)n2c1CN(C)Cc1cc(F)ccc1-2. The van der Waals surface area contributed by atoms with Gasteiger partial charge >= 0.3 is 5.69 Å². The maximum absolute atomic E-state index is 13.4. The topological polar surface area (TPSA) is 41.0 Å². The smallest absolute Gasteiger partial charge is 0.298 e. The number of nitrogens with zero attached hydrogens (tertiary/aromatic N) is 2. The molecule has 4 nitrogen and oxygen atoms in total. The van der Waals surface area contributed by atoms with Crippen LogP contribution in [0.2, 0.25) is 0 Å².